The van der Waals surface area contributed by atoms with E-state index in [0.717, 1.165) is 0 Å². The number of H-pyrrole nitrogens is 1. The predicted molar refractivity (Wildman–Crippen MR) is 46.6 cm³/mol. The van der Waals surface area contributed by atoms with Crippen LogP contribution in [0.4, 0.5) is 0 Å². The maximum atomic E-state index is 3.30. The van der Waals surface area contributed by atoms with E-state index in [1.807, 2.05) is 12.1 Å². The summed E-state index contributed by atoms with van der Waals surface area (Å²) in [6.07, 6.45) is 0. The molecule has 0 fully saturated rings. The third-order valence-electron chi connectivity index (χ3n) is 2.12. The van der Waals surface area contributed by atoms with E-state index in [-0.39, 0.29) is 46.5 Å². The molecule has 4 heteroatoms. The van der Waals surface area contributed by atoms with Crippen LogP contribution in [0.1, 0.15) is 11.3 Å². The maximum absolute atomic E-state index is 3.30. The monoisotopic (exact) mass is 262 g/mol. The van der Waals surface area contributed by atoms with Gasteiger partial charge in [-0.15, -0.1) is 35.2 Å². The van der Waals surface area contributed by atoms with Gasteiger partial charge in [0.1, 0.15) is 0 Å². The van der Waals surface area contributed by atoms with Crippen LogP contribution in [0.25, 0.3) is 10.9 Å². The van der Waals surface area contributed by atoms with Gasteiger partial charge in [-0.1, -0.05) is 6.92 Å². The second kappa shape index (κ2) is 6.52. The second-order valence-electron chi connectivity index (χ2n) is 2.83. The summed E-state index contributed by atoms with van der Waals surface area (Å²) in [6, 6.07) is 9.23. The van der Waals surface area contributed by atoms with Crippen LogP contribution in [-0.2, 0) is 21.7 Å². The van der Waals surface area contributed by atoms with Crippen LogP contribution in [0.5, 0.6) is 0 Å². The van der Waals surface area contributed by atoms with Gasteiger partial charge in [0.15, 0.2) is 0 Å². The summed E-state index contributed by atoms with van der Waals surface area (Å²) in [5.41, 5.74) is 3.73. The number of aromatic amines is 1. The third-order valence-corrected chi connectivity index (χ3v) is 2.12. The first-order chi connectivity index (χ1) is 5.29. The molecule has 1 nitrogen and oxygen atoms in total. The van der Waals surface area contributed by atoms with Crippen LogP contribution >= 0.6 is 0 Å². The van der Waals surface area contributed by atoms with Crippen molar-refractivity contribution in [3.05, 3.63) is 35.5 Å². The van der Waals surface area contributed by atoms with E-state index in [1.165, 1.54) is 22.2 Å². The minimum atomic E-state index is 0. The molecule has 0 saturated heterocycles. The summed E-state index contributed by atoms with van der Waals surface area (Å²) in [5.74, 6) is 0. The summed E-state index contributed by atoms with van der Waals surface area (Å²) < 4.78 is 0. The largest absolute Gasteiger partial charge is 3.00 e. The van der Waals surface area contributed by atoms with Crippen molar-refractivity contribution in [3.63, 3.8) is 0 Å². The SMILES string of the molecule is Cc1[nH]c2ccc[c-]c2c1C.[Cl-].[Cl-].[Ti+3]. The zero-order chi connectivity index (χ0) is 7.84. The Morgan fingerprint density at radius 2 is 1.86 bits per heavy atom. The summed E-state index contributed by atoms with van der Waals surface area (Å²) in [4.78, 5) is 3.30. The molecule has 0 atom stereocenters. The van der Waals surface area contributed by atoms with Gasteiger partial charge in [0.05, 0.1) is 0 Å². The van der Waals surface area contributed by atoms with Crippen LogP contribution in [0.2, 0.25) is 0 Å². The van der Waals surface area contributed by atoms with Crippen molar-refractivity contribution in [2.75, 3.05) is 0 Å². The molecule has 0 amide bonds. The first kappa shape index (κ1) is 16.5. The van der Waals surface area contributed by atoms with Gasteiger partial charge < -0.3 is 29.8 Å². The molecule has 0 aliphatic carbocycles. The normalized spacial score (nSPS) is 8.43. The van der Waals surface area contributed by atoms with E-state index < -0.39 is 0 Å². The first-order valence-electron chi connectivity index (χ1n) is 3.74. The molecule has 1 aromatic heterocycles. The average Bonchev–Trinajstić information content (AvgIpc) is 2.30. The van der Waals surface area contributed by atoms with Crippen LogP contribution in [0.3, 0.4) is 0 Å². The van der Waals surface area contributed by atoms with Crippen LogP contribution in [0, 0.1) is 19.9 Å². The summed E-state index contributed by atoms with van der Waals surface area (Å²) in [6.45, 7) is 4.20. The van der Waals surface area contributed by atoms with E-state index in [4.69, 9.17) is 0 Å². The van der Waals surface area contributed by atoms with Crippen molar-refractivity contribution in [1.82, 2.24) is 4.98 Å². The Balaban J connectivity index is 0. The molecule has 1 aromatic carbocycles. The van der Waals surface area contributed by atoms with Crippen molar-refractivity contribution < 1.29 is 46.5 Å². The van der Waals surface area contributed by atoms with Gasteiger partial charge in [-0.2, -0.15) is 0 Å². The summed E-state index contributed by atoms with van der Waals surface area (Å²) in [7, 11) is 0. The molecule has 0 spiro atoms. The van der Waals surface area contributed by atoms with Gasteiger partial charge in [0.25, 0.3) is 0 Å². The van der Waals surface area contributed by atoms with Crippen LogP contribution < -0.4 is 24.8 Å². The van der Waals surface area contributed by atoms with Gasteiger partial charge in [0, 0.05) is 0 Å². The average molecular weight is 263 g/mol. The Hall–Kier alpha value is 0.0543. The Morgan fingerprint density at radius 1 is 1.21 bits per heavy atom. The zero-order valence-corrected chi connectivity index (χ0v) is 11.1. The Labute approximate surface area is 111 Å². The Bertz CT molecular complexity index is 398. The molecule has 0 bridgehead atoms. The molecule has 1 heterocycles. The Kier molecular flexibility index (Phi) is 7.68. The van der Waals surface area contributed by atoms with E-state index in [2.05, 4.69) is 31.0 Å². The fraction of sp³-hybridized carbons (Fsp3) is 0.200. The number of hydrogen-bond donors (Lipinski definition) is 1. The van der Waals surface area contributed by atoms with Gasteiger partial charge >= 0.3 is 21.7 Å². The maximum Gasteiger partial charge on any atom is 3.00 e. The van der Waals surface area contributed by atoms with E-state index >= 15 is 0 Å². The number of nitrogens with one attached hydrogen (secondary N) is 1. The predicted octanol–water partition coefficient (Wildman–Crippen LogP) is -3.41. The summed E-state index contributed by atoms with van der Waals surface area (Å²) >= 11 is 0. The van der Waals surface area contributed by atoms with Gasteiger partial charge in [-0.3, -0.25) is 0 Å². The van der Waals surface area contributed by atoms with E-state index in [9.17, 15) is 0 Å². The van der Waals surface area contributed by atoms with Crippen molar-refractivity contribution in [3.8, 4) is 0 Å². The number of hydrogen-bond acceptors (Lipinski definition) is 0. The third kappa shape index (κ3) is 2.77. The first-order valence-corrected chi connectivity index (χ1v) is 3.74. The number of halogens is 2. The molecule has 2 rings (SSSR count). The molecule has 1 radical (unpaired) electrons. The van der Waals surface area contributed by atoms with Crippen molar-refractivity contribution in [1.29, 1.82) is 0 Å². The van der Waals surface area contributed by atoms with E-state index in [1.54, 1.807) is 0 Å². The number of benzene rings is 1. The molecule has 0 aliphatic heterocycles. The molecule has 2 aromatic rings. The van der Waals surface area contributed by atoms with Crippen molar-refractivity contribution >= 4 is 10.9 Å². The quantitative estimate of drug-likeness (QED) is 0.376. The molecular formula is C10H10Cl2NTi. The molecule has 0 aliphatic rings. The minimum absolute atomic E-state index is 0. The minimum Gasteiger partial charge on any atom is -1.00 e. The number of fused-ring (bicyclic) bond motifs is 1. The fourth-order valence-electron chi connectivity index (χ4n) is 1.33. The number of aryl methyl sites for hydroxylation is 2. The summed E-state index contributed by atoms with van der Waals surface area (Å²) in [5, 5.41) is 1.21. The van der Waals surface area contributed by atoms with E-state index in [0.29, 0.717) is 0 Å². The van der Waals surface area contributed by atoms with Crippen LogP contribution in [0.15, 0.2) is 18.2 Å². The van der Waals surface area contributed by atoms with Crippen molar-refractivity contribution in [2.45, 2.75) is 13.8 Å². The Morgan fingerprint density at radius 3 is 2.43 bits per heavy atom. The number of rotatable bonds is 0. The fourth-order valence-corrected chi connectivity index (χ4v) is 1.33. The smallest absolute Gasteiger partial charge is 1.00 e. The molecule has 14 heavy (non-hydrogen) atoms. The second-order valence-corrected chi connectivity index (χ2v) is 2.83. The van der Waals surface area contributed by atoms with Crippen molar-refractivity contribution in [2.24, 2.45) is 0 Å². The molecule has 0 unspecified atom stereocenters. The molecule has 1 N–H and O–H groups in total. The standard InChI is InChI=1S/C10H10N.2ClH.Ti/c1-7-8(2)11-10-6-4-3-5-9(7)10;;;/h3-4,6,11H,1-2H3;2*1H;/q-1;;;+3/p-2. The molecular weight excluding hydrogens is 253 g/mol. The molecule has 0 saturated carbocycles. The van der Waals surface area contributed by atoms with Crippen LogP contribution in [-0.4, -0.2) is 4.98 Å². The topological polar surface area (TPSA) is 15.8 Å². The number of aromatic nitrogens is 1. The molecule has 73 valence electrons. The van der Waals surface area contributed by atoms with Gasteiger partial charge in [-0.05, 0) is 18.1 Å². The van der Waals surface area contributed by atoms with Gasteiger partial charge in [-0.25, -0.2) is 0 Å². The van der Waals surface area contributed by atoms with Gasteiger partial charge in [0.2, 0.25) is 0 Å². The zero-order valence-electron chi connectivity index (χ0n) is 7.99.